The molecule has 0 aliphatic rings. The van der Waals surface area contributed by atoms with Gasteiger partial charge < -0.3 is 9.84 Å². The van der Waals surface area contributed by atoms with Gasteiger partial charge >= 0.3 is 0 Å². The number of benzene rings is 2. The number of hydrogen-bond donors (Lipinski definition) is 1. The number of hydrogen-bond acceptors (Lipinski definition) is 2. The van der Waals surface area contributed by atoms with Crippen molar-refractivity contribution in [1.82, 2.24) is 0 Å². The van der Waals surface area contributed by atoms with Crippen LogP contribution in [0.5, 0.6) is 5.75 Å². The Morgan fingerprint density at radius 1 is 1.16 bits per heavy atom. The molecule has 3 heteroatoms. The van der Waals surface area contributed by atoms with E-state index >= 15 is 0 Å². The van der Waals surface area contributed by atoms with Crippen molar-refractivity contribution in [3.8, 4) is 5.75 Å². The fraction of sp³-hybridized carbons (Fsp3) is 0.250. The summed E-state index contributed by atoms with van der Waals surface area (Å²) in [6.07, 6.45) is -0.0163. The number of aryl methyl sites for hydroxylation is 1. The second-order valence-electron chi connectivity index (χ2n) is 4.52. The van der Waals surface area contributed by atoms with Gasteiger partial charge in [-0.1, -0.05) is 35.9 Å². The van der Waals surface area contributed by atoms with Crippen LogP contribution < -0.4 is 4.74 Å². The molecule has 0 heterocycles. The van der Waals surface area contributed by atoms with Gasteiger partial charge in [0.1, 0.15) is 5.75 Å². The molecule has 0 bridgehead atoms. The van der Waals surface area contributed by atoms with Gasteiger partial charge in [-0.2, -0.15) is 0 Å². The summed E-state index contributed by atoms with van der Waals surface area (Å²) in [4.78, 5) is 0. The molecule has 0 aromatic heterocycles. The van der Waals surface area contributed by atoms with Gasteiger partial charge in [0.2, 0.25) is 0 Å². The molecule has 0 aliphatic carbocycles. The lowest BCUT2D eigenvalue weighted by Crippen LogP contribution is -2.05. The third-order valence-electron chi connectivity index (χ3n) is 2.88. The van der Waals surface area contributed by atoms with E-state index in [4.69, 9.17) is 16.3 Å². The summed E-state index contributed by atoms with van der Waals surface area (Å²) in [6.45, 7) is 2.49. The first-order valence-corrected chi connectivity index (χ1v) is 6.66. The molecule has 0 amide bonds. The molecular weight excluding hydrogens is 260 g/mol. The maximum atomic E-state index is 10.0. The molecule has 1 N–H and O–H groups in total. The van der Waals surface area contributed by atoms with Gasteiger partial charge in [-0.25, -0.2) is 0 Å². The Balaban J connectivity index is 1.85. The van der Waals surface area contributed by atoms with Crippen LogP contribution in [0.3, 0.4) is 0 Å². The Labute approximate surface area is 118 Å². The molecule has 19 heavy (non-hydrogen) atoms. The van der Waals surface area contributed by atoms with Crippen molar-refractivity contribution >= 4 is 11.6 Å². The molecule has 0 saturated carbocycles. The first-order valence-electron chi connectivity index (χ1n) is 6.28. The van der Waals surface area contributed by atoms with E-state index in [9.17, 15) is 5.11 Å². The largest absolute Gasteiger partial charge is 0.493 e. The van der Waals surface area contributed by atoms with E-state index in [1.54, 1.807) is 12.1 Å². The maximum Gasteiger partial charge on any atom is 0.119 e. The van der Waals surface area contributed by atoms with Crippen LogP contribution in [0.2, 0.25) is 5.02 Å². The molecular formula is C16H17ClO2. The maximum absolute atomic E-state index is 10.0. The predicted molar refractivity (Wildman–Crippen MR) is 77.7 cm³/mol. The summed E-state index contributed by atoms with van der Waals surface area (Å²) in [6, 6.07) is 15.1. The lowest BCUT2D eigenvalue weighted by Gasteiger charge is -2.12. The topological polar surface area (TPSA) is 29.5 Å². The highest BCUT2D eigenvalue weighted by molar-refractivity contribution is 6.30. The monoisotopic (exact) mass is 276 g/mol. The third kappa shape index (κ3) is 4.27. The molecule has 0 radical (unpaired) electrons. The molecule has 2 rings (SSSR count). The Morgan fingerprint density at radius 2 is 1.95 bits per heavy atom. The Kier molecular flexibility index (Phi) is 4.83. The molecule has 0 aliphatic heterocycles. The zero-order chi connectivity index (χ0) is 13.7. The van der Waals surface area contributed by atoms with Gasteiger partial charge in [-0.05, 0) is 42.3 Å². The fourth-order valence-corrected chi connectivity index (χ4v) is 2.07. The third-order valence-corrected chi connectivity index (χ3v) is 3.12. The van der Waals surface area contributed by atoms with Crippen molar-refractivity contribution in [2.24, 2.45) is 0 Å². The van der Waals surface area contributed by atoms with E-state index in [2.05, 4.69) is 0 Å². The number of aliphatic hydroxyl groups excluding tert-OH is 1. The van der Waals surface area contributed by atoms with Gasteiger partial charge in [0.25, 0.3) is 0 Å². The number of ether oxygens (including phenoxy) is 1. The van der Waals surface area contributed by atoms with Gasteiger partial charge in [-0.3, -0.25) is 0 Å². The van der Waals surface area contributed by atoms with E-state index in [-0.39, 0.29) is 0 Å². The van der Waals surface area contributed by atoms with Crippen molar-refractivity contribution < 1.29 is 9.84 Å². The van der Waals surface area contributed by atoms with Crippen molar-refractivity contribution in [1.29, 1.82) is 0 Å². The quantitative estimate of drug-likeness (QED) is 0.889. The van der Waals surface area contributed by atoms with Gasteiger partial charge in [-0.15, -0.1) is 0 Å². The van der Waals surface area contributed by atoms with Crippen LogP contribution in [0.15, 0.2) is 48.5 Å². The van der Waals surface area contributed by atoms with Crippen molar-refractivity contribution in [3.63, 3.8) is 0 Å². The molecule has 0 fully saturated rings. The van der Waals surface area contributed by atoms with Crippen LogP contribution in [-0.4, -0.2) is 11.7 Å². The van der Waals surface area contributed by atoms with E-state index in [0.29, 0.717) is 18.1 Å². The normalized spacial score (nSPS) is 12.2. The highest BCUT2D eigenvalue weighted by Gasteiger charge is 2.08. The number of rotatable bonds is 5. The first-order chi connectivity index (χ1) is 9.15. The average Bonchev–Trinajstić information content (AvgIpc) is 2.38. The van der Waals surface area contributed by atoms with Crippen LogP contribution >= 0.6 is 11.6 Å². The standard InChI is InChI=1S/C16H17ClO2/c1-12-4-2-7-15(10-12)19-9-8-16(18)13-5-3-6-14(17)11-13/h2-7,10-11,16,18H,8-9H2,1H3. The molecule has 0 saturated heterocycles. The molecule has 2 nitrogen and oxygen atoms in total. The summed E-state index contributed by atoms with van der Waals surface area (Å²) in [5.74, 6) is 0.832. The molecule has 1 atom stereocenters. The van der Waals surface area contributed by atoms with Crippen molar-refractivity contribution in [2.45, 2.75) is 19.4 Å². The van der Waals surface area contributed by atoms with Crippen LogP contribution in [0.25, 0.3) is 0 Å². The lowest BCUT2D eigenvalue weighted by molar-refractivity contribution is 0.141. The second kappa shape index (κ2) is 6.60. The van der Waals surface area contributed by atoms with E-state index in [1.807, 2.05) is 43.3 Å². The molecule has 0 spiro atoms. The van der Waals surface area contributed by atoms with Gasteiger partial charge in [0, 0.05) is 11.4 Å². The van der Waals surface area contributed by atoms with Gasteiger partial charge in [0.15, 0.2) is 0 Å². The Hall–Kier alpha value is -1.51. The zero-order valence-corrected chi connectivity index (χ0v) is 11.6. The first kappa shape index (κ1) is 13.9. The Bertz CT molecular complexity index is 540. The summed E-state index contributed by atoms with van der Waals surface area (Å²) >= 11 is 5.89. The minimum Gasteiger partial charge on any atom is -0.493 e. The zero-order valence-electron chi connectivity index (χ0n) is 10.8. The van der Waals surface area contributed by atoms with Crippen LogP contribution in [0, 0.1) is 6.92 Å². The van der Waals surface area contributed by atoms with E-state index in [1.165, 1.54) is 0 Å². The van der Waals surface area contributed by atoms with Crippen LogP contribution in [-0.2, 0) is 0 Å². The second-order valence-corrected chi connectivity index (χ2v) is 4.96. The molecule has 2 aromatic carbocycles. The minimum absolute atomic E-state index is 0.469. The van der Waals surface area contributed by atoms with E-state index in [0.717, 1.165) is 16.9 Å². The number of aliphatic hydroxyl groups is 1. The van der Waals surface area contributed by atoms with Crippen molar-refractivity contribution in [2.75, 3.05) is 6.61 Å². The smallest absolute Gasteiger partial charge is 0.119 e. The molecule has 100 valence electrons. The Morgan fingerprint density at radius 3 is 2.68 bits per heavy atom. The average molecular weight is 277 g/mol. The molecule has 2 aromatic rings. The highest BCUT2D eigenvalue weighted by Crippen LogP contribution is 2.21. The summed E-state index contributed by atoms with van der Waals surface area (Å²) < 4.78 is 5.62. The number of halogens is 1. The summed E-state index contributed by atoms with van der Waals surface area (Å²) in [5.41, 5.74) is 1.98. The lowest BCUT2D eigenvalue weighted by atomic mass is 10.1. The van der Waals surface area contributed by atoms with Gasteiger partial charge in [0.05, 0.1) is 12.7 Å². The van der Waals surface area contributed by atoms with E-state index < -0.39 is 6.10 Å². The highest BCUT2D eigenvalue weighted by atomic mass is 35.5. The van der Waals surface area contributed by atoms with Crippen LogP contribution in [0.4, 0.5) is 0 Å². The summed E-state index contributed by atoms with van der Waals surface area (Å²) in [7, 11) is 0. The van der Waals surface area contributed by atoms with Crippen LogP contribution in [0.1, 0.15) is 23.7 Å². The molecule has 1 unspecified atom stereocenters. The fourth-order valence-electron chi connectivity index (χ4n) is 1.87. The minimum atomic E-state index is -0.552. The predicted octanol–water partition coefficient (Wildman–Crippen LogP) is 4.15. The van der Waals surface area contributed by atoms with Crippen molar-refractivity contribution in [3.05, 3.63) is 64.7 Å². The SMILES string of the molecule is Cc1cccc(OCCC(O)c2cccc(Cl)c2)c1. The summed E-state index contributed by atoms with van der Waals surface area (Å²) in [5, 5.41) is 10.7.